The minimum Gasteiger partial charge on any atom is -0.595 e. The van der Waals surface area contributed by atoms with E-state index in [2.05, 4.69) is 5.32 Å². The molecule has 1 aromatic rings. The van der Waals surface area contributed by atoms with Crippen LogP contribution in [0.15, 0.2) is 24.3 Å². The van der Waals surface area contributed by atoms with Gasteiger partial charge in [-0.2, -0.15) is 5.23 Å². The molecule has 1 aromatic carbocycles. The van der Waals surface area contributed by atoms with E-state index in [-0.39, 0.29) is 11.6 Å². The van der Waals surface area contributed by atoms with Gasteiger partial charge in [0.05, 0.1) is 0 Å². The third-order valence-electron chi connectivity index (χ3n) is 1.45. The van der Waals surface area contributed by atoms with Crippen LogP contribution in [-0.4, -0.2) is 11.1 Å². The predicted octanol–water partition coefficient (Wildman–Crippen LogP) is 0.0484. The highest BCUT2D eigenvalue weighted by molar-refractivity contribution is 5.88. The first-order valence-electron chi connectivity index (χ1n) is 3.70. The van der Waals surface area contributed by atoms with Crippen LogP contribution in [0, 0.1) is 5.21 Å². The molecule has 0 saturated heterocycles. The van der Waals surface area contributed by atoms with Gasteiger partial charge in [0.1, 0.15) is 0 Å². The highest BCUT2D eigenvalue weighted by atomic mass is 16.8. The quantitative estimate of drug-likeness (QED) is 0.565. The van der Waals surface area contributed by atoms with Gasteiger partial charge in [0, 0.05) is 24.7 Å². The smallest absolute Gasteiger partial charge is 0.221 e. The SMILES string of the molecule is CC(=O)Nc1ccc([NH+]([O-])O)cc1. The van der Waals surface area contributed by atoms with Gasteiger partial charge in [0.2, 0.25) is 5.91 Å². The molecule has 0 heterocycles. The van der Waals surface area contributed by atoms with Gasteiger partial charge < -0.3 is 10.5 Å². The normalized spacial score (nSPS) is 12.2. The maximum absolute atomic E-state index is 10.6. The van der Waals surface area contributed by atoms with Crippen molar-refractivity contribution < 1.29 is 15.2 Å². The first-order chi connectivity index (χ1) is 6.09. The van der Waals surface area contributed by atoms with E-state index in [1.165, 1.54) is 19.1 Å². The zero-order chi connectivity index (χ0) is 9.84. The highest BCUT2D eigenvalue weighted by Crippen LogP contribution is 2.09. The second kappa shape index (κ2) is 3.99. The van der Waals surface area contributed by atoms with Crippen molar-refractivity contribution in [2.45, 2.75) is 6.92 Å². The fraction of sp³-hybridized carbons (Fsp3) is 0.125. The lowest BCUT2D eigenvalue weighted by atomic mass is 10.3. The Kier molecular flexibility index (Phi) is 2.97. The van der Waals surface area contributed by atoms with Gasteiger partial charge in [-0.3, -0.25) is 4.79 Å². The molecular weight excluding hydrogens is 172 g/mol. The van der Waals surface area contributed by atoms with Gasteiger partial charge in [-0.25, -0.2) is 5.21 Å². The van der Waals surface area contributed by atoms with Crippen LogP contribution in [0.25, 0.3) is 0 Å². The predicted molar refractivity (Wildman–Crippen MR) is 46.5 cm³/mol. The number of anilines is 1. The summed E-state index contributed by atoms with van der Waals surface area (Å²) >= 11 is 0. The summed E-state index contributed by atoms with van der Waals surface area (Å²) in [4.78, 5) is 10.6. The Morgan fingerprint density at radius 3 is 2.38 bits per heavy atom. The summed E-state index contributed by atoms with van der Waals surface area (Å²) in [7, 11) is 0. The van der Waals surface area contributed by atoms with Crippen LogP contribution in [0.2, 0.25) is 0 Å². The summed E-state index contributed by atoms with van der Waals surface area (Å²) in [6.45, 7) is 1.39. The maximum atomic E-state index is 10.6. The van der Waals surface area contributed by atoms with E-state index in [1.807, 2.05) is 0 Å². The number of benzene rings is 1. The minimum atomic E-state index is -0.977. The van der Waals surface area contributed by atoms with E-state index in [4.69, 9.17) is 5.21 Å². The molecule has 0 aromatic heterocycles. The number of carbonyl (C=O) groups is 1. The van der Waals surface area contributed by atoms with Crippen molar-refractivity contribution in [2.24, 2.45) is 0 Å². The molecule has 70 valence electrons. The van der Waals surface area contributed by atoms with Gasteiger partial charge in [-0.05, 0) is 12.1 Å². The molecule has 1 unspecified atom stereocenters. The second-order valence-electron chi connectivity index (χ2n) is 2.56. The summed E-state index contributed by atoms with van der Waals surface area (Å²) < 4.78 is 0. The molecule has 0 radical (unpaired) electrons. The molecular formula is C8H10N2O3. The first-order valence-corrected chi connectivity index (χ1v) is 3.70. The van der Waals surface area contributed by atoms with E-state index in [0.717, 1.165) is 0 Å². The van der Waals surface area contributed by atoms with Crippen molar-refractivity contribution >= 4 is 17.3 Å². The number of amides is 1. The van der Waals surface area contributed by atoms with E-state index in [1.54, 1.807) is 12.1 Å². The fourth-order valence-corrected chi connectivity index (χ4v) is 0.899. The maximum Gasteiger partial charge on any atom is 0.221 e. The van der Waals surface area contributed by atoms with Gasteiger partial charge in [0.25, 0.3) is 0 Å². The fourth-order valence-electron chi connectivity index (χ4n) is 0.899. The third-order valence-corrected chi connectivity index (χ3v) is 1.45. The molecule has 5 nitrogen and oxygen atoms in total. The Labute approximate surface area is 75.1 Å². The minimum absolute atomic E-state index is 0.178. The molecule has 1 atom stereocenters. The average Bonchev–Trinajstić information content (AvgIpc) is 2.04. The molecule has 3 N–H and O–H groups in total. The molecule has 0 fully saturated rings. The van der Waals surface area contributed by atoms with Crippen LogP contribution in [0.5, 0.6) is 0 Å². The summed E-state index contributed by atoms with van der Waals surface area (Å²) in [6, 6.07) is 5.97. The van der Waals surface area contributed by atoms with Crippen LogP contribution < -0.4 is 10.5 Å². The molecule has 0 aliphatic carbocycles. The van der Waals surface area contributed by atoms with Crippen LogP contribution in [0.3, 0.4) is 0 Å². The molecule has 0 saturated carbocycles. The van der Waals surface area contributed by atoms with E-state index in [0.29, 0.717) is 5.69 Å². The number of nitrogens with one attached hydrogen (secondary N) is 2. The van der Waals surface area contributed by atoms with Crippen molar-refractivity contribution in [3.8, 4) is 0 Å². The molecule has 0 spiro atoms. The third kappa shape index (κ3) is 2.83. The van der Waals surface area contributed by atoms with Crippen LogP contribution in [-0.2, 0) is 4.79 Å². The molecule has 0 aliphatic heterocycles. The molecule has 0 aliphatic rings. The number of hydrogen-bond donors (Lipinski definition) is 3. The summed E-state index contributed by atoms with van der Waals surface area (Å²) in [5.74, 6) is -0.178. The highest BCUT2D eigenvalue weighted by Gasteiger charge is 1.99. The number of carbonyl (C=O) groups excluding carboxylic acids is 1. The Morgan fingerprint density at radius 2 is 2.00 bits per heavy atom. The Balaban J connectivity index is 2.75. The van der Waals surface area contributed by atoms with E-state index < -0.39 is 5.23 Å². The Bertz CT molecular complexity index is 295. The van der Waals surface area contributed by atoms with Gasteiger partial charge in [0.15, 0.2) is 5.69 Å². The largest absolute Gasteiger partial charge is 0.595 e. The topological polar surface area (TPSA) is 76.8 Å². The lowest BCUT2D eigenvalue weighted by Crippen LogP contribution is -2.99. The van der Waals surface area contributed by atoms with Crippen molar-refractivity contribution in [2.75, 3.05) is 5.32 Å². The van der Waals surface area contributed by atoms with Crippen LogP contribution >= 0.6 is 0 Å². The lowest BCUT2D eigenvalue weighted by Gasteiger charge is -2.11. The number of quaternary nitrogens is 1. The monoisotopic (exact) mass is 182 g/mol. The van der Waals surface area contributed by atoms with Gasteiger partial charge in [-0.15, -0.1) is 0 Å². The van der Waals surface area contributed by atoms with Crippen molar-refractivity contribution in [3.05, 3.63) is 29.5 Å². The van der Waals surface area contributed by atoms with Gasteiger partial charge >= 0.3 is 0 Å². The summed E-state index contributed by atoms with van der Waals surface area (Å²) in [5, 5.41) is 20.6. The number of hydrogen-bond acceptors (Lipinski definition) is 3. The zero-order valence-corrected chi connectivity index (χ0v) is 7.07. The Morgan fingerprint density at radius 1 is 1.46 bits per heavy atom. The lowest BCUT2D eigenvalue weighted by molar-refractivity contribution is -0.991. The van der Waals surface area contributed by atoms with Crippen LogP contribution in [0.4, 0.5) is 11.4 Å². The molecule has 0 bridgehead atoms. The molecule has 5 heteroatoms. The molecule has 1 amide bonds. The van der Waals surface area contributed by atoms with Crippen molar-refractivity contribution in [1.82, 2.24) is 0 Å². The van der Waals surface area contributed by atoms with E-state index >= 15 is 0 Å². The average molecular weight is 182 g/mol. The molecule has 1 rings (SSSR count). The standard InChI is InChI=1S/C8H10N2O3/c1-6(11)9-7-2-4-8(5-3-7)10(12)13/h2-5,10,12H,1H3,(H,9,11). The van der Waals surface area contributed by atoms with Crippen molar-refractivity contribution in [3.63, 3.8) is 0 Å². The van der Waals surface area contributed by atoms with Gasteiger partial charge in [-0.1, -0.05) is 0 Å². The van der Waals surface area contributed by atoms with Crippen LogP contribution in [0.1, 0.15) is 6.92 Å². The Hall–Kier alpha value is -1.43. The number of rotatable bonds is 2. The molecule has 13 heavy (non-hydrogen) atoms. The first kappa shape index (κ1) is 9.66. The summed E-state index contributed by atoms with van der Waals surface area (Å²) in [5.41, 5.74) is 0.798. The zero-order valence-electron chi connectivity index (χ0n) is 7.07. The van der Waals surface area contributed by atoms with E-state index in [9.17, 15) is 10.0 Å². The second-order valence-corrected chi connectivity index (χ2v) is 2.56. The summed E-state index contributed by atoms with van der Waals surface area (Å²) in [6.07, 6.45) is 0. The van der Waals surface area contributed by atoms with Crippen molar-refractivity contribution in [1.29, 1.82) is 0 Å².